The van der Waals surface area contributed by atoms with Gasteiger partial charge in [-0.05, 0) is 24.0 Å². The highest BCUT2D eigenvalue weighted by Gasteiger charge is 2.25. The number of imidazole rings is 1. The van der Waals surface area contributed by atoms with Gasteiger partial charge >= 0.3 is 0 Å². The maximum Gasteiger partial charge on any atom is 0.223 e. The second-order valence-corrected chi connectivity index (χ2v) is 6.31. The zero-order valence-electron chi connectivity index (χ0n) is 13.1. The summed E-state index contributed by atoms with van der Waals surface area (Å²) >= 11 is 0. The van der Waals surface area contributed by atoms with Crippen LogP contribution in [-0.2, 0) is 28.9 Å². The van der Waals surface area contributed by atoms with Gasteiger partial charge < -0.3 is 14.6 Å². The lowest BCUT2D eigenvalue weighted by atomic mass is 9.95. The summed E-state index contributed by atoms with van der Waals surface area (Å²) in [5.74, 6) is 1.18. The van der Waals surface area contributed by atoms with E-state index in [-0.39, 0.29) is 18.1 Å². The van der Waals surface area contributed by atoms with Crippen molar-refractivity contribution in [3.05, 3.63) is 53.6 Å². The van der Waals surface area contributed by atoms with Crippen LogP contribution in [0.1, 0.15) is 35.9 Å². The third-order valence-electron chi connectivity index (χ3n) is 4.76. The van der Waals surface area contributed by atoms with Crippen molar-refractivity contribution in [2.45, 2.75) is 44.4 Å². The molecule has 0 spiro atoms. The second kappa shape index (κ2) is 6.16. The van der Waals surface area contributed by atoms with Gasteiger partial charge in [0.15, 0.2) is 0 Å². The average Bonchev–Trinajstić information content (AvgIpc) is 3.03. The number of hydrogen-bond donors (Lipinski definition) is 1. The fourth-order valence-electron chi connectivity index (χ4n) is 3.59. The topological polar surface area (TPSA) is 56.1 Å². The maximum atomic E-state index is 12.4. The number of benzene rings is 1. The van der Waals surface area contributed by atoms with Gasteiger partial charge in [0.1, 0.15) is 5.82 Å². The summed E-state index contributed by atoms with van der Waals surface area (Å²) in [6, 6.07) is 8.45. The highest BCUT2D eigenvalue weighted by atomic mass is 16.5. The van der Waals surface area contributed by atoms with Crippen molar-refractivity contribution >= 4 is 5.91 Å². The molecule has 0 aliphatic carbocycles. The number of nitrogens with zero attached hydrogens (tertiary/aromatic N) is 2. The Balaban J connectivity index is 1.38. The van der Waals surface area contributed by atoms with E-state index in [2.05, 4.69) is 27.0 Å². The molecule has 23 heavy (non-hydrogen) atoms. The van der Waals surface area contributed by atoms with E-state index in [4.69, 9.17) is 4.74 Å². The van der Waals surface area contributed by atoms with Crippen LogP contribution in [-0.4, -0.2) is 28.1 Å². The molecule has 0 fully saturated rings. The van der Waals surface area contributed by atoms with E-state index >= 15 is 0 Å². The monoisotopic (exact) mass is 311 g/mol. The molecule has 5 heteroatoms. The van der Waals surface area contributed by atoms with E-state index in [0.717, 1.165) is 37.2 Å². The van der Waals surface area contributed by atoms with Crippen LogP contribution in [0.4, 0.5) is 0 Å². The van der Waals surface area contributed by atoms with Crippen LogP contribution in [0.3, 0.4) is 0 Å². The van der Waals surface area contributed by atoms with E-state index in [1.807, 2.05) is 24.5 Å². The Hall–Kier alpha value is -2.14. The first-order valence-electron chi connectivity index (χ1n) is 8.28. The third kappa shape index (κ3) is 3.01. The molecule has 3 heterocycles. The Bertz CT molecular complexity index is 710. The molecule has 1 aromatic carbocycles. The fourth-order valence-corrected chi connectivity index (χ4v) is 3.59. The Labute approximate surface area is 135 Å². The van der Waals surface area contributed by atoms with Gasteiger partial charge in [-0.3, -0.25) is 4.79 Å². The van der Waals surface area contributed by atoms with Crippen molar-refractivity contribution in [2.75, 3.05) is 6.61 Å². The van der Waals surface area contributed by atoms with Crippen LogP contribution < -0.4 is 5.32 Å². The van der Waals surface area contributed by atoms with Crippen LogP contribution in [0.25, 0.3) is 0 Å². The number of amides is 1. The molecule has 5 nitrogen and oxygen atoms in total. The molecule has 0 saturated carbocycles. The molecule has 1 amide bonds. The van der Waals surface area contributed by atoms with Crippen molar-refractivity contribution in [1.82, 2.24) is 14.9 Å². The number of aromatic nitrogens is 2. The van der Waals surface area contributed by atoms with Gasteiger partial charge in [-0.15, -0.1) is 0 Å². The lowest BCUT2D eigenvalue weighted by molar-refractivity contribution is -0.125. The highest BCUT2D eigenvalue weighted by molar-refractivity contribution is 5.77. The number of carbonyl (C=O) groups is 1. The van der Waals surface area contributed by atoms with Crippen molar-refractivity contribution in [2.24, 2.45) is 0 Å². The van der Waals surface area contributed by atoms with Crippen molar-refractivity contribution in [3.8, 4) is 0 Å². The summed E-state index contributed by atoms with van der Waals surface area (Å²) < 4.78 is 7.96. The molecule has 0 radical (unpaired) electrons. The van der Waals surface area contributed by atoms with Crippen LogP contribution in [0.5, 0.6) is 0 Å². The molecule has 2 aliphatic rings. The maximum absolute atomic E-state index is 12.4. The number of rotatable bonds is 3. The highest BCUT2D eigenvalue weighted by Crippen LogP contribution is 2.29. The molecule has 1 aromatic heterocycles. The van der Waals surface area contributed by atoms with E-state index in [9.17, 15) is 4.79 Å². The van der Waals surface area contributed by atoms with E-state index in [1.54, 1.807) is 0 Å². The number of fused-ring (bicyclic) bond motifs is 2. The molecule has 2 aromatic rings. The van der Waals surface area contributed by atoms with Crippen molar-refractivity contribution in [1.29, 1.82) is 0 Å². The summed E-state index contributed by atoms with van der Waals surface area (Å²) in [5, 5.41) is 3.16. The predicted octanol–water partition coefficient (Wildman–Crippen LogP) is 2.02. The number of hydrogen-bond acceptors (Lipinski definition) is 3. The lowest BCUT2D eigenvalue weighted by Crippen LogP contribution is -2.41. The van der Waals surface area contributed by atoms with Crippen LogP contribution >= 0.6 is 0 Å². The van der Waals surface area contributed by atoms with Gasteiger partial charge in [-0.2, -0.15) is 0 Å². The summed E-state index contributed by atoms with van der Waals surface area (Å²) in [7, 11) is 0. The lowest BCUT2D eigenvalue weighted by Gasteiger charge is -2.28. The Morgan fingerprint density at radius 1 is 1.35 bits per heavy atom. The van der Waals surface area contributed by atoms with Gasteiger partial charge in [-0.1, -0.05) is 24.3 Å². The number of carbonyl (C=O) groups excluding carboxylic acids is 1. The molecule has 120 valence electrons. The first-order valence-corrected chi connectivity index (χ1v) is 8.28. The predicted molar refractivity (Wildman–Crippen MR) is 85.9 cm³/mol. The van der Waals surface area contributed by atoms with Gasteiger partial charge in [0.05, 0.1) is 19.1 Å². The Kier molecular flexibility index (Phi) is 3.87. The zero-order valence-corrected chi connectivity index (χ0v) is 13.1. The minimum Gasteiger partial charge on any atom is -0.373 e. The molecule has 2 atom stereocenters. The molecule has 0 bridgehead atoms. The molecule has 4 rings (SSSR count). The fraction of sp³-hybridized carbons (Fsp3) is 0.444. The zero-order chi connectivity index (χ0) is 15.6. The van der Waals surface area contributed by atoms with Gasteiger partial charge in [0.2, 0.25) is 5.91 Å². The molecule has 0 saturated heterocycles. The first kappa shape index (κ1) is 14.5. The third-order valence-corrected chi connectivity index (χ3v) is 4.76. The molecule has 1 N–H and O–H groups in total. The summed E-state index contributed by atoms with van der Waals surface area (Å²) in [5.41, 5.74) is 2.46. The first-order chi connectivity index (χ1) is 11.3. The molecular formula is C18H21N3O2. The summed E-state index contributed by atoms with van der Waals surface area (Å²) in [6.45, 7) is 1.50. The SMILES string of the molecule is O=C(C[C@@H]1OCCc2ccccc21)N[C@H]1CCc2nccn2C1. The molecular weight excluding hydrogens is 290 g/mol. The minimum atomic E-state index is -0.118. The van der Waals surface area contributed by atoms with Crippen molar-refractivity contribution < 1.29 is 9.53 Å². The molecule has 2 aliphatic heterocycles. The van der Waals surface area contributed by atoms with Gasteiger partial charge in [0.25, 0.3) is 0 Å². The van der Waals surface area contributed by atoms with Crippen LogP contribution in [0.2, 0.25) is 0 Å². The van der Waals surface area contributed by atoms with Gasteiger partial charge in [0, 0.05) is 31.4 Å². The van der Waals surface area contributed by atoms with E-state index < -0.39 is 0 Å². The number of aryl methyl sites for hydroxylation is 1. The molecule has 0 unspecified atom stereocenters. The number of nitrogens with one attached hydrogen (secondary N) is 1. The quantitative estimate of drug-likeness (QED) is 0.943. The smallest absolute Gasteiger partial charge is 0.223 e. The van der Waals surface area contributed by atoms with Crippen LogP contribution in [0.15, 0.2) is 36.7 Å². The van der Waals surface area contributed by atoms with E-state index in [0.29, 0.717) is 13.0 Å². The Morgan fingerprint density at radius 2 is 2.26 bits per heavy atom. The second-order valence-electron chi connectivity index (χ2n) is 6.31. The largest absolute Gasteiger partial charge is 0.373 e. The minimum absolute atomic E-state index is 0.0697. The standard InChI is InChI=1S/C18H21N3O2/c22-18(20-14-5-6-17-19-8-9-21(17)12-14)11-16-15-4-2-1-3-13(15)7-10-23-16/h1-4,8-9,14,16H,5-7,10-12H2,(H,20,22)/t14-,16-/m0/s1. The number of ether oxygens (including phenoxy) is 1. The van der Waals surface area contributed by atoms with E-state index in [1.165, 1.54) is 5.56 Å². The summed E-state index contributed by atoms with van der Waals surface area (Å²) in [4.78, 5) is 16.7. The average molecular weight is 311 g/mol. The van der Waals surface area contributed by atoms with Gasteiger partial charge in [-0.25, -0.2) is 4.98 Å². The normalized spacial score (nSPS) is 23.0. The van der Waals surface area contributed by atoms with Crippen molar-refractivity contribution in [3.63, 3.8) is 0 Å². The van der Waals surface area contributed by atoms with Crippen LogP contribution in [0, 0.1) is 0 Å². The summed E-state index contributed by atoms with van der Waals surface area (Å²) in [6.07, 6.45) is 6.88. The Morgan fingerprint density at radius 3 is 3.22 bits per heavy atom.